The maximum atomic E-state index is 12.4. The van der Waals surface area contributed by atoms with Crippen LogP contribution in [-0.4, -0.2) is 15.6 Å². The number of Topliss-reactive ketones (excluding diaryl/α,β-unsaturated/α-hetero) is 1. The lowest BCUT2D eigenvalue weighted by molar-refractivity contribution is 0.0992. The lowest BCUT2D eigenvalue weighted by Crippen LogP contribution is -2.05. The number of aryl methyl sites for hydroxylation is 1. The average molecular weight is 290 g/mol. The van der Waals surface area contributed by atoms with Gasteiger partial charge in [0.05, 0.1) is 11.4 Å². The maximum Gasteiger partial charge on any atom is 0.167 e. The molecule has 22 heavy (non-hydrogen) atoms. The monoisotopic (exact) mass is 290 g/mol. The molecule has 1 heterocycles. The van der Waals surface area contributed by atoms with Crippen LogP contribution < -0.4 is 0 Å². The Morgan fingerprint density at radius 1 is 0.955 bits per heavy atom. The number of carbonyl (C=O) groups is 1. The van der Waals surface area contributed by atoms with Crippen molar-refractivity contribution >= 4 is 5.78 Å². The number of rotatable bonds is 4. The van der Waals surface area contributed by atoms with Crippen molar-refractivity contribution in [2.45, 2.75) is 20.3 Å². The number of ketones is 1. The fraction of sp³-hybridized carbons (Fsp3) is 0.158. The second-order valence-electron chi connectivity index (χ2n) is 5.36. The van der Waals surface area contributed by atoms with Gasteiger partial charge in [-0.15, -0.1) is 0 Å². The number of hydrogen-bond donors (Lipinski definition) is 0. The number of para-hydroxylation sites is 1. The SMILES string of the molecule is Cc1nn(-c2ccccc2)c(C)c1CC(=O)c1ccccc1. The van der Waals surface area contributed by atoms with Gasteiger partial charge >= 0.3 is 0 Å². The highest BCUT2D eigenvalue weighted by Gasteiger charge is 2.16. The van der Waals surface area contributed by atoms with Crippen molar-refractivity contribution in [3.63, 3.8) is 0 Å². The van der Waals surface area contributed by atoms with E-state index in [1.165, 1.54) is 0 Å². The van der Waals surface area contributed by atoms with Crippen molar-refractivity contribution in [1.29, 1.82) is 0 Å². The minimum Gasteiger partial charge on any atom is -0.294 e. The van der Waals surface area contributed by atoms with E-state index in [1.54, 1.807) is 0 Å². The van der Waals surface area contributed by atoms with Gasteiger partial charge in [0.1, 0.15) is 0 Å². The Kier molecular flexibility index (Phi) is 3.88. The van der Waals surface area contributed by atoms with Crippen LogP contribution >= 0.6 is 0 Å². The van der Waals surface area contributed by atoms with Crippen LogP contribution in [0, 0.1) is 13.8 Å². The highest BCUT2D eigenvalue weighted by molar-refractivity contribution is 5.97. The third-order valence-corrected chi connectivity index (χ3v) is 3.88. The Labute approximate surface area is 130 Å². The van der Waals surface area contributed by atoms with E-state index in [4.69, 9.17) is 0 Å². The second-order valence-corrected chi connectivity index (χ2v) is 5.36. The Bertz CT molecular complexity index is 789. The van der Waals surface area contributed by atoms with E-state index in [0.29, 0.717) is 6.42 Å². The first-order chi connectivity index (χ1) is 10.7. The van der Waals surface area contributed by atoms with Crippen LogP contribution in [0.15, 0.2) is 60.7 Å². The van der Waals surface area contributed by atoms with Gasteiger partial charge in [0.25, 0.3) is 0 Å². The zero-order valence-corrected chi connectivity index (χ0v) is 12.8. The Morgan fingerprint density at radius 3 is 2.18 bits per heavy atom. The van der Waals surface area contributed by atoms with Crippen LogP contribution in [0.3, 0.4) is 0 Å². The maximum absolute atomic E-state index is 12.4. The van der Waals surface area contributed by atoms with Crippen LogP contribution in [0.4, 0.5) is 0 Å². The lowest BCUT2D eigenvalue weighted by atomic mass is 10.0. The van der Waals surface area contributed by atoms with Crippen LogP contribution in [0.25, 0.3) is 5.69 Å². The summed E-state index contributed by atoms with van der Waals surface area (Å²) in [6.07, 6.45) is 0.383. The summed E-state index contributed by atoms with van der Waals surface area (Å²) in [6.45, 7) is 3.97. The highest BCUT2D eigenvalue weighted by Crippen LogP contribution is 2.19. The Morgan fingerprint density at radius 2 is 1.55 bits per heavy atom. The summed E-state index contributed by atoms with van der Waals surface area (Å²) in [5.41, 5.74) is 4.70. The van der Waals surface area contributed by atoms with Crippen molar-refractivity contribution in [1.82, 2.24) is 9.78 Å². The van der Waals surface area contributed by atoms with Crippen molar-refractivity contribution in [2.75, 3.05) is 0 Å². The Balaban J connectivity index is 1.93. The van der Waals surface area contributed by atoms with Gasteiger partial charge in [-0.25, -0.2) is 4.68 Å². The largest absolute Gasteiger partial charge is 0.294 e. The number of benzene rings is 2. The molecule has 0 N–H and O–H groups in total. The molecule has 0 bridgehead atoms. The summed E-state index contributed by atoms with van der Waals surface area (Å²) < 4.78 is 1.91. The summed E-state index contributed by atoms with van der Waals surface area (Å²) >= 11 is 0. The molecule has 0 amide bonds. The number of nitrogens with zero attached hydrogens (tertiary/aromatic N) is 2. The van der Waals surface area contributed by atoms with Crippen molar-refractivity contribution < 1.29 is 4.79 Å². The van der Waals surface area contributed by atoms with Gasteiger partial charge in [-0.1, -0.05) is 48.5 Å². The fourth-order valence-electron chi connectivity index (χ4n) is 2.64. The van der Waals surface area contributed by atoms with Gasteiger partial charge in [0.2, 0.25) is 0 Å². The predicted octanol–water partition coefficient (Wildman–Crippen LogP) is 3.91. The van der Waals surface area contributed by atoms with Crippen molar-refractivity contribution in [2.24, 2.45) is 0 Å². The van der Waals surface area contributed by atoms with Crippen molar-refractivity contribution in [3.05, 3.63) is 83.2 Å². The molecular weight excluding hydrogens is 272 g/mol. The van der Waals surface area contributed by atoms with Gasteiger partial charge in [-0.3, -0.25) is 4.79 Å². The summed E-state index contributed by atoms with van der Waals surface area (Å²) in [6, 6.07) is 19.4. The smallest absolute Gasteiger partial charge is 0.167 e. The molecule has 0 saturated heterocycles. The minimum absolute atomic E-state index is 0.124. The van der Waals surface area contributed by atoms with E-state index >= 15 is 0 Å². The summed E-state index contributed by atoms with van der Waals surface area (Å²) in [5.74, 6) is 0.124. The molecule has 110 valence electrons. The van der Waals surface area contributed by atoms with Gasteiger partial charge in [0.15, 0.2) is 5.78 Å². The number of hydrogen-bond acceptors (Lipinski definition) is 2. The third-order valence-electron chi connectivity index (χ3n) is 3.88. The molecule has 0 saturated carbocycles. The molecule has 0 aliphatic rings. The molecule has 0 spiro atoms. The van der Waals surface area contributed by atoms with Gasteiger partial charge in [-0.2, -0.15) is 5.10 Å². The van der Waals surface area contributed by atoms with Gasteiger partial charge < -0.3 is 0 Å². The third kappa shape index (κ3) is 2.70. The number of aromatic nitrogens is 2. The van der Waals surface area contributed by atoms with E-state index in [9.17, 15) is 4.79 Å². The fourth-order valence-corrected chi connectivity index (χ4v) is 2.64. The van der Waals surface area contributed by atoms with Crippen molar-refractivity contribution in [3.8, 4) is 5.69 Å². The predicted molar refractivity (Wildman–Crippen MR) is 87.5 cm³/mol. The topological polar surface area (TPSA) is 34.9 Å². The van der Waals surface area contributed by atoms with Gasteiger partial charge in [-0.05, 0) is 26.0 Å². The molecule has 3 rings (SSSR count). The lowest BCUT2D eigenvalue weighted by Gasteiger charge is -2.05. The molecular formula is C19H18N2O. The minimum atomic E-state index is 0.124. The first kappa shape index (κ1) is 14.3. The van der Waals surface area contributed by atoms with E-state index in [-0.39, 0.29) is 5.78 Å². The molecule has 2 aromatic carbocycles. The molecule has 1 aromatic heterocycles. The number of carbonyl (C=O) groups excluding carboxylic acids is 1. The molecule has 3 aromatic rings. The molecule has 3 heteroatoms. The molecule has 0 atom stereocenters. The van der Waals surface area contributed by atoms with E-state index < -0.39 is 0 Å². The zero-order valence-electron chi connectivity index (χ0n) is 12.8. The molecule has 0 aliphatic carbocycles. The van der Waals surface area contributed by atoms with E-state index in [2.05, 4.69) is 5.10 Å². The normalized spacial score (nSPS) is 10.6. The van der Waals surface area contributed by atoms with Crippen LogP contribution in [0.1, 0.15) is 27.3 Å². The molecule has 3 nitrogen and oxygen atoms in total. The molecule has 0 aliphatic heterocycles. The van der Waals surface area contributed by atoms with E-state index in [0.717, 1.165) is 28.2 Å². The van der Waals surface area contributed by atoms with E-state index in [1.807, 2.05) is 79.2 Å². The second kappa shape index (κ2) is 5.98. The van der Waals surface area contributed by atoms with Crippen LogP contribution in [0.5, 0.6) is 0 Å². The highest BCUT2D eigenvalue weighted by atomic mass is 16.1. The quantitative estimate of drug-likeness (QED) is 0.683. The zero-order chi connectivity index (χ0) is 15.5. The molecule has 0 unspecified atom stereocenters. The first-order valence-electron chi connectivity index (χ1n) is 7.35. The average Bonchev–Trinajstić information content (AvgIpc) is 2.84. The molecule has 0 fully saturated rings. The van der Waals surface area contributed by atoms with Crippen LogP contribution in [0.2, 0.25) is 0 Å². The van der Waals surface area contributed by atoms with Crippen LogP contribution in [-0.2, 0) is 6.42 Å². The summed E-state index contributed by atoms with van der Waals surface area (Å²) in [5, 5.41) is 4.59. The summed E-state index contributed by atoms with van der Waals surface area (Å²) in [4.78, 5) is 12.4. The first-order valence-corrected chi connectivity index (χ1v) is 7.35. The molecule has 0 radical (unpaired) electrons. The van der Waals surface area contributed by atoms with Gasteiger partial charge in [0, 0.05) is 23.2 Å². The standard InChI is InChI=1S/C19H18N2O/c1-14-18(13-19(22)16-9-5-3-6-10-16)15(2)21(20-14)17-11-7-4-8-12-17/h3-12H,13H2,1-2H3. The Hall–Kier alpha value is -2.68. The summed E-state index contributed by atoms with van der Waals surface area (Å²) in [7, 11) is 0.